The molecule has 0 bridgehead atoms. The van der Waals surface area contributed by atoms with Gasteiger partial charge in [0.15, 0.2) is 0 Å². The number of aromatic nitrogens is 1. The molecule has 1 aliphatic rings. The zero-order chi connectivity index (χ0) is 17.6. The van der Waals surface area contributed by atoms with Crippen LogP contribution in [-0.2, 0) is 28.9 Å². The summed E-state index contributed by atoms with van der Waals surface area (Å²) in [6.07, 6.45) is 2.59. The fraction of sp³-hybridized carbons (Fsp3) is 0.316. The summed E-state index contributed by atoms with van der Waals surface area (Å²) >= 11 is 0.715. The molecule has 1 unspecified atom stereocenters. The summed E-state index contributed by atoms with van der Waals surface area (Å²) in [5, 5.41) is -0.514. The number of ether oxygens (including phenoxy) is 1. The van der Waals surface area contributed by atoms with Gasteiger partial charge in [0.2, 0.25) is 11.3 Å². The maximum atomic E-state index is 12.1. The molecule has 6 heteroatoms. The van der Waals surface area contributed by atoms with Gasteiger partial charge >= 0.3 is 0 Å². The number of benzene rings is 1. The summed E-state index contributed by atoms with van der Waals surface area (Å²) in [5.41, 5.74) is 3.07. The summed E-state index contributed by atoms with van der Waals surface area (Å²) < 4.78 is 5.73. The van der Waals surface area contributed by atoms with Crippen molar-refractivity contribution in [2.24, 2.45) is 0 Å². The number of hydrogen-bond donors (Lipinski definition) is 0. The number of nitrogens with zero attached hydrogens (tertiary/aromatic N) is 2. The molecule has 2 aromatic rings. The van der Waals surface area contributed by atoms with Gasteiger partial charge in [-0.05, 0) is 23.6 Å². The van der Waals surface area contributed by atoms with Crippen LogP contribution in [0.1, 0.15) is 23.7 Å². The van der Waals surface area contributed by atoms with Gasteiger partial charge < -0.3 is 4.74 Å². The van der Waals surface area contributed by atoms with Crippen LogP contribution in [-0.4, -0.2) is 33.1 Å². The quantitative estimate of drug-likeness (QED) is 0.761. The van der Waals surface area contributed by atoms with Crippen LogP contribution < -0.4 is 0 Å². The van der Waals surface area contributed by atoms with Crippen LogP contribution in [0.25, 0.3) is 0 Å². The molecule has 0 N–H and O–H groups in total. The number of carbonyl (C=O) groups is 2. The molecule has 1 atom stereocenters. The molecule has 130 valence electrons. The number of carbonyl (C=O) groups excluding carboxylic acids is 2. The first kappa shape index (κ1) is 17.6. The number of aryl methyl sites for hydroxylation is 1. The molecule has 0 spiro atoms. The Morgan fingerprint density at radius 1 is 1.12 bits per heavy atom. The molecule has 1 aromatic carbocycles. The van der Waals surface area contributed by atoms with Gasteiger partial charge in [-0.25, -0.2) is 0 Å². The second-order valence-electron chi connectivity index (χ2n) is 5.78. The van der Waals surface area contributed by atoms with Crippen molar-refractivity contribution in [3.63, 3.8) is 0 Å². The third kappa shape index (κ3) is 4.46. The highest BCUT2D eigenvalue weighted by Gasteiger charge is 2.40. The lowest BCUT2D eigenvalue weighted by Crippen LogP contribution is -2.37. The molecular formula is C19H20N2O3S. The first-order chi connectivity index (χ1) is 12.2. The molecule has 1 amide bonds. The van der Waals surface area contributed by atoms with Crippen LogP contribution in [0.3, 0.4) is 0 Å². The SMILES string of the molecule is CCc1ccc(CCOC2C(=O)SC(=O)N2Cc2ccccc2)nc1. The van der Waals surface area contributed by atoms with Crippen LogP contribution in [0, 0.1) is 0 Å². The number of rotatable bonds is 7. The van der Waals surface area contributed by atoms with E-state index in [2.05, 4.69) is 11.9 Å². The van der Waals surface area contributed by atoms with E-state index >= 15 is 0 Å². The monoisotopic (exact) mass is 356 g/mol. The molecule has 25 heavy (non-hydrogen) atoms. The highest BCUT2D eigenvalue weighted by Crippen LogP contribution is 2.28. The van der Waals surface area contributed by atoms with E-state index < -0.39 is 6.23 Å². The largest absolute Gasteiger partial charge is 0.350 e. The predicted molar refractivity (Wildman–Crippen MR) is 97.0 cm³/mol. The topological polar surface area (TPSA) is 59.5 Å². The normalized spacial score (nSPS) is 17.3. The van der Waals surface area contributed by atoms with E-state index in [4.69, 9.17) is 4.74 Å². The minimum Gasteiger partial charge on any atom is -0.350 e. The molecule has 2 heterocycles. The van der Waals surface area contributed by atoms with Crippen molar-refractivity contribution in [2.45, 2.75) is 32.5 Å². The van der Waals surface area contributed by atoms with Crippen molar-refractivity contribution in [3.05, 3.63) is 65.5 Å². The van der Waals surface area contributed by atoms with Gasteiger partial charge in [0.1, 0.15) is 0 Å². The van der Waals surface area contributed by atoms with E-state index in [1.165, 1.54) is 10.5 Å². The predicted octanol–water partition coefficient (Wildman–Crippen LogP) is 3.42. The smallest absolute Gasteiger partial charge is 0.292 e. The van der Waals surface area contributed by atoms with E-state index in [-0.39, 0.29) is 10.4 Å². The molecule has 0 saturated carbocycles. The first-order valence-electron chi connectivity index (χ1n) is 8.29. The van der Waals surface area contributed by atoms with Crippen LogP contribution in [0.4, 0.5) is 4.79 Å². The first-order valence-corrected chi connectivity index (χ1v) is 9.10. The second-order valence-corrected chi connectivity index (χ2v) is 6.74. The number of hydrogen-bond acceptors (Lipinski definition) is 5. The highest BCUT2D eigenvalue weighted by molar-refractivity contribution is 8.26. The van der Waals surface area contributed by atoms with Gasteiger partial charge in [0.25, 0.3) is 5.24 Å². The zero-order valence-electron chi connectivity index (χ0n) is 14.1. The summed E-state index contributed by atoms with van der Waals surface area (Å²) in [5.74, 6) is 0. The Hall–Kier alpha value is -2.18. The molecule has 1 aromatic heterocycles. The molecule has 0 radical (unpaired) electrons. The van der Waals surface area contributed by atoms with Crippen molar-refractivity contribution in [1.29, 1.82) is 0 Å². The Kier molecular flexibility index (Phi) is 5.83. The maximum Gasteiger partial charge on any atom is 0.292 e. The molecule has 3 rings (SSSR count). The van der Waals surface area contributed by atoms with Gasteiger partial charge in [-0.15, -0.1) is 0 Å². The minimum absolute atomic E-state index is 0.254. The van der Waals surface area contributed by atoms with Gasteiger partial charge in [-0.3, -0.25) is 19.5 Å². The third-order valence-corrected chi connectivity index (χ3v) is 4.84. The molecular weight excluding hydrogens is 336 g/mol. The van der Waals surface area contributed by atoms with E-state index in [0.29, 0.717) is 31.3 Å². The Labute approximate surface area is 151 Å². The van der Waals surface area contributed by atoms with Crippen molar-refractivity contribution in [2.75, 3.05) is 6.61 Å². The van der Waals surface area contributed by atoms with Crippen LogP contribution in [0.2, 0.25) is 0 Å². The fourth-order valence-corrected chi connectivity index (χ4v) is 3.34. The minimum atomic E-state index is -0.826. The summed E-state index contributed by atoms with van der Waals surface area (Å²) in [7, 11) is 0. The number of pyridine rings is 1. The van der Waals surface area contributed by atoms with Gasteiger partial charge in [0, 0.05) is 36.6 Å². The average Bonchev–Trinajstić information content (AvgIpc) is 2.90. The second kappa shape index (κ2) is 8.27. The van der Waals surface area contributed by atoms with Gasteiger partial charge in [-0.1, -0.05) is 43.3 Å². The van der Waals surface area contributed by atoms with E-state index in [1.807, 2.05) is 48.7 Å². The van der Waals surface area contributed by atoms with Crippen molar-refractivity contribution in [1.82, 2.24) is 9.88 Å². The molecule has 0 aliphatic carbocycles. The molecule has 1 saturated heterocycles. The van der Waals surface area contributed by atoms with E-state index in [0.717, 1.165) is 17.7 Å². The van der Waals surface area contributed by atoms with Crippen LogP contribution >= 0.6 is 11.8 Å². The van der Waals surface area contributed by atoms with Gasteiger partial charge in [0.05, 0.1) is 6.61 Å². The molecule has 1 fully saturated rings. The van der Waals surface area contributed by atoms with Crippen molar-refractivity contribution < 1.29 is 14.3 Å². The van der Waals surface area contributed by atoms with Gasteiger partial charge in [-0.2, -0.15) is 0 Å². The fourth-order valence-electron chi connectivity index (χ4n) is 2.59. The standard InChI is InChI=1S/C19H20N2O3S/c1-2-14-8-9-16(20-12-14)10-11-24-17-18(22)25-19(23)21(17)13-15-6-4-3-5-7-15/h3-9,12,17H,2,10-11,13H2,1H3. The van der Waals surface area contributed by atoms with E-state index in [1.54, 1.807) is 0 Å². The number of thioether (sulfide) groups is 1. The lowest BCUT2D eigenvalue weighted by molar-refractivity contribution is -0.129. The van der Waals surface area contributed by atoms with Crippen LogP contribution in [0.5, 0.6) is 0 Å². The average molecular weight is 356 g/mol. The maximum absolute atomic E-state index is 12.1. The lowest BCUT2D eigenvalue weighted by atomic mass is 10.2. The molecule has 5 nitrogen and oxygen atoms in total. The lowest BCUT2D eigenvalue weighted by Gasteiger charge is -2.22. The Balaban J connectivity index is 1.58. The third-order valence-electron chi connectivity index (χ3n) is 4.03. The van der Waals surface area contributed by atoms with Crippen molar-refractivity contribution in [3.8, 4) is 0 Å². The summed E-state index contributed by atoms with van der Waals surface area (Å²) in [6, 6.07) is 13.6. The highest BCUT2D eigenvalue weighted by atomic mass is 32.2. The summed E-state index contributed by atoms with van der Waals surface area (Å²) in [6.45, 7) is 2.79. The zero-order valence-corrected chi connectivity index (χ0v) is 14.9. The molecule has 1 aliphatic heterocycles. The Bertz CT molecular complexity index is 734. The van der Waals surface area contributed by atoms with Crippen molar-refractivity contribution >= 4 is 22.1 Å². The number of amides is 1. The summed E-state index contributed by atoms with van der Waals surface area (Å²) in [4.78, 5) is 30.0. The van der Waals surface area contributed by atoms with E-state index in [9.17, 15) is 9.59 Å². The van der Waals surface area contributed by atoms with Crippen LogP contribution in [0.15, 0.2) is 48.7 Å². The Morgan fingerprint density at radius 3 is 2.60 bits per heavy atom. The Morgan fingerprint density at radius 2 is 1.92 bits per heavy atom.